The molecule has 47 heavy (non-hydrogen) atoms. The van der Waals surface area contributed by atoms with E-state index in [1.54, 1.807) is 0 Å². The molecule has 2 aromatic heterocycles. The highest BCUT2D eigenvalue weighted by Crippen LogP contribution is 2.43. The summed E-state index contributed by atoms with van der Waals surface area (Å²) in [6.45, 7) is 0. The van der Waals surface area contributed by atoms with Crippen molar-refractivity contribution in [3.63, 3.8) is 0 Å². The lowest BCUT2D eigenvalue weighted by molar-refractivity contribution is 0.669. The van der Waals surface area contributed by atoms with Gasteiger partial charge in [-0.25, -0.2) is 0 Å². The Morgan fingerprint density at radius 2 is 1.04 bits per heavy atom. The van der Waals surface area contributed by atoms with E-state index in [4.69, 9.17) is 4.42 Å². The molecule has 0 bridgehead atoms. The van der Waals surface area contributed by atoms with Gasteiger partial charge in [0.1, 0.15) is 11.2 Å². The van der Waals surface area contributed by atoms with Crippen molar-refractivity contribution >= 4 is 92.1 Å². The number of rotatable bonds is 4. The Morgan fingerprint density at radius 1 is 0.404 bits per heavy atom. The quantitative estimate of drug-likeness (QED) is 0.195. The van der Waals surface area contributed by atoms with Crippen LogP contribution in [-0.4, -0.2) is 0 Å². The molecule has 0 saturated heterocycles. The molecule has 10 aromatic rings. The van der Waals surface area contributed by atoms with Gasteiger partial charge in [-0.3, -0.25) is 0 Å². The maximum absolute atomic E-state index is 6.28. The van der Waals surface area contributed by atoms with Crippen LogP contribution in [0.4, 0.5) is 17.1 Å². The van der Waals surface area contributed by atoms with Crippen LogP contribution in [0.25, 0.3) is 74.8 Å². The van der Waals surface area contributed by atoms with Gasteiger partial charge in [-0.1, -0.05) is 103 Å². The van der Waals surface area contributed by atoms with Crippen LogP contribution in [0, 0.1) is 0 Å². The zero-order valence-electron chi connectivity index (χ0n) is 25.4. The minimum Gasteiger partial charge on any atom is -0.456 e. The molecule has 2 heterocycles. The van der Waals surface area contributed by atoms with Gasteiger partial charge >= 0.3 is 0 Å². The van der Waals surface area contributed by atoms with Crippen molar-refractivity contribution in [1.82, 2.24) is 0 Å². The third-order valence-corrected chi connectivity index (χ3v) is 10.6. The average molecular weight is 618 g/mol. The highest BCUT2D eigenvalue weighted by Gasteiger charge is 2.18. The Labute approximate surface area is 275 Å². The predicted molar refractivity (Wildman–Crippen MR) is 202 cm³/mol. The van der Waals surface area contributed by atoms with Gasteiger partial charge in [-0.15, -0.1) is 11.3 Å². The van der Waals surface area contributed by atoms with Gasteiger partial charge in [0.15, 0.2) is 0 Å². The third-order valence-electron chi connectivity index (χ3n) is 9.45. The summed E-state index contributed by atoms with van der Waals surface area (Å²) in [7, 11) is 0. The minimum atomic E-state index is 0.910. The summed E-state index contributed by atoms with van der Waals surface area (Å²) in [5.74, 6) is 0. The standard InChI is InChI=1S/C44H27NOS/c1-2-10-34-28(8-1)9-7-13-35(34)29-16-20-31(21-17-29)45(33-23-25-43-39(27-33)36-11-4-6-15-42(36)47-43)32-22-18-30-19-24-41-44(38(30)26-32)37-12-3-5-14-40(37)46-41/h1-27H. The Morgan fingerprint density at radius 3 is 1.94 bits per heavy atom. The number of benzene rings is 8. The molecule has 2 nitrogen and oxygen atoms in total. The summed E-state index contributed by atoms with van der Waals surface area (Å²) >= 11 is 1.85. The molecule has 0 radical (unpaired) electrons. The van der Waals surface area contributed by atoms with E-state index >= 15 is 0 Å². The number of fused-ring (bicyclic) bond motifs is 9. The van der Waals surface area contributed by atoms with Gasteiger partial charge in [-0.2, -0.15) is 0 Å². The SMILES string of the molecule is c1ccc2c(-c3ccc(N(c4ccc5sc6ccccc6c5c4)c4ccc5ccc6oc7ccccc7c6c5c4)cc3)cccc2c1. The van der Waals surface area contributed by atoms with Crippen LogP contribution < -0.4 is 4.90 Å². The van der Waals surface area contributed by atoms with Gasteiger partial charge in [0.05, 0.1) is 0 Å². The smallest absolute Gasteiger partial charge is 0.136 e. The molecule has 0 spiro atoms. The fraction of sp³-hybridized carbons (Fsp3) is 0. The molecule has 220 valence electrons. The average Bonchev–Trinajstić information content (AvgIpc) is 3.70. The van der Waals surface area contributed by atoms with Gasteiger partial charge < -0.3 is 9.32 Å². The van der Waals surface area contributed by atoms with Crippen molar-refractivity contribution in [2.75, 3.05) is 4.90 Å². The van der Waals surface area contributed by atoms with Crippen molar-refractivity contribution in [1.29, 1.82) is 0 Å². The van der Waals surface area contributed by atoms with Gasteiger partial charge in [-0.05, 0) is 93.3 Å². The zero-order valence-corrected chi connectivity index (χ0v) is 26.2. The Bertz CT molecular complexity index is 2800. The van der Waals surface area contributed by atoms with E-state index in [-0.39, 0.29) is 0 Å². The maximum atomic E-state index is 6.28. The molecule has 0 saturated carbocycles. The van der Waals surface area contributed by atoms with Crippen LogP contribution in [0.1, 0.15) is 0 Å². The molecule has 0 unspecified atom stereocenters. The third kappa shape index (κ3) is 4.17. The second-order valence-electron chi connectivity index (χ2n) is 12.1. The molecule has 0 aliphatic heterocycles. The molecular weight excluding hydrogens is 591 g/mol. The van der Waals surface area contributed by atoms with E-state index in [1.165, 1.54) is 52.8 Å². The number of hydrogen-bond acceptors (Lipinski definition) is 3. The highest BCUT2D eigenvalue weighted by atomic mass is 32.1. The fourth-order valence-electron chi connectivity index (χ4n) is 7.24. The molecule has 10 rings (SSSR count). The van der Waals surface area contributed by atoms with Crippen molar-refractivity contribution in [2.45, 2.75) is 0 Å². The summed E-state index contributed by atoms with van der Waals surface area (Å²) in [6, 6.07) is 59.2. The molecule has 0 atom stereocenters. The Balaban J connectivity index is 1.19. The van der Waals surface area contributed by atoms with Crippen LogP contribution in [0.15, 0.2) is 168 Å². The van der Waals surface area contributed by atoms with E-state index in [1.807, 2.05) is 17.4 Å². The normalized spacial score (nSPS) is 11.8. The molecule has 8 aromatic carbocycles. The van der Waals surface area contributed by atoms with Crippen molar-refractivity contribution < 1.29 is 4.42 Å². The van der Waals surface area contributed by atoms with Crippen molar-refractivity contribution in [2.24, 2.45) is 0 Å². The monoisotopic (exact) mass is 617 g/mol. The molecule has 0 N–H and O–H groups in total. The Kier molecular flexibility index (Phi) is 5.78. The van der Waals surface area contributed by atoms with Crippen LogP contribution >= 0.6 is 11.3 Å². The fourth-order valence-corrected chi connectivity index (χ4v) is 8.32. The second-order valence-corrected chi connectivity index (χ2v) is 13.2. The molecular formula is C44H27NOS. The highest BCUT2D eigenvalue weighted by molar-refractivity contribution is 7.25. The molecule has 0 fully saturated rings. The summed E-state index contributed by atoms with van der Waals surface area (Å²) in [4.78, 5) is 2.39. The summed E-state index contributed by atoms with van der Waals surface area (Å²) in [5.41, 5.74) is 7.61. The topological polar surface area (TPSA) is 16.4 Å². The summed E-state index contributed by atoms with van der Waals surface area (Å²) in [5, 5.41) is 9.77. The van der Waals surface area contributed by atoms with E-state index in [9.17, 15) is 0 Å². The van der Waals surface area contributed by atoms with E-state index in [2.05, 4.69) is 163 Å². The van der Waals surface area contributed by atoms with Crippen LogP contribution in [0.5, 0.6) is 0 Å². The zero-order chi connectivity index (χ0) is 30.9. The first kappa shape index (κ1) is 26.3. The first-order valence-corrected chi connectivity index (χ1v) is 16.7. The lowest BCUT2D eigenvalue weighted by Crippen LogP contribution is -2.09. The summed E-state index contributed by atoms with van der Waals surface area (Å²) in [6.07, 6.45) is 0. The van der Waals surface area contributed by atoms with Crippen molar-refractivity contribution in [3.05, 3.63) is 164 Å². The van der Waals surface area contributed by atoms with Crippen LogP contribution in [-0.2, 0) is 0 Å². The van der Waals surface area contributed by atoms with Crippen LogP contribution in [0.3, 0.4) is 0 Å². The van der Waals surface area contributed by atoms with Gasteiger partial charge in [0.2, 0.25) is 0 Å². The number of hydrogen-bond donors (Lipinski definition) is 0. The van der Waals surface area contributed by atoms with Gasteiger partial charge in [0.25, 0.3) is 0 Å². The summed E-state index contributed by atoms with van der Waals surface area (Å²) < 4.78 is 8.89. The molecule has 0 aliphatic rings. The number of furan rings is 1. The maximum Gasteiger partial charge on any atom is 0.136 e. The van der Waals surface area contributed by atoms with Crippen molar-refractivity contribution in [3.8, 4) is 11.1 Å². The Hall–Kier alpha value is -5.90. The molecule has 0 amide bonds. The van der Waals surface area contributed by atoms with Gasteiger partial charge in [0, 0.05) is 48.0 Å². The minimum absolute atomic E-state index is 0.910. The number of thiophene rings is 1. The lowest BCUT2D eigenvalue weighted by Gasteiger charge is -2.26. The van der Waals surface area contributed by atoms with E-state index in [0.29, 0.717) is 0 Å². The van der Waals surface area contributed by atoms with E-state index < -0.39 is 0 Å². The molecule has 0 aliphatic carbocycles. The molecule has 3 heteroatoms. The number of anilines is 3. The first-order valence-electron chi connectivity index (χ1n) is 15.9. The van der Waals surface area contributed by atoms with Crippen LogP contribution in [0.2, 0.25) is 0 Å². The predicted octanol–water partition coefficient (Wildman–Crippen LogP) is 13.4. The van der Waals surface area contributed by atoms with E-state index in [0.717, 1.165) is 39.0 Å². The largest absolute Gasteiger partial charge is 0.456 e. The number of nitrogens with zero attached hydrogens (tertiary/aromatic N) is 1. The second kappa shape index (κ2) is 10.3. The first-order chi connectivity index (χ1) is 23.3. The number of para-hydroxylation sites is 1. The lowest BCUT2D eigenvalue weighted by atomic mass is 9.98.